The monoisotopic (exact) mass is 472 g/mol. The van der Waals surface area contributed by atoms with E-state index in [4.69, 9.17) is 4.74 Å². The Morgan fingerprint density at radius 3 is 2.53 bits per heavy atom. The maximum Gasteiger partial charge on any atom is 0.331 e. The Balaban J connectivity index is 1.40. The van der Waals surface area contributed by atoms with Crippen molar-refractivity contribution < 1.29 is 9.53 Å². The molecule has 5 aromatic rings. The van der Waals surface area contributed by atoms with Crippen molar-refractivity contribution >= 4 is 43.5 Å². The highest BCUT2D eigenvalue weighted by Crippen LogP contribution is 2.31. The van der Waals surface area contributed by atoms with E-state index in [1.807, 2.05) is 48.5 Å². The van der Waals surface area contributed by atoms with E-state index < -0.39 is 11.6 Å². The number of carbonyl (C=O) groups excluding carboxylic acids is 1. The summed E-state index contributed by atoms with van der Waals surface area (Å²) < 4.78 is 9.16. The molecule has 0 fully saturated rings. The van der Waals surface area contributed by atoms with Crippen LogP contribution in [0.15, 0.2) is 82.4 Å². The molecule has 3 aromatic carbocycles. The third-order valence-corrected chi connectivity index (χ3v) is 6.27. The number of fused-ring (bicyclic) bond motifs is 2. The number of thiazole rings is 1. The van der Waals surface area contributed by atoms with E-state index in [-0.39, 0.29) is 18.6 Å². The van der Waals surface area contributed by atoms with E-state index >= 15 is 0 Å². The lowest BCUT2D eigenvalue weighted by Gasteiger charge is -2.12. The van der Waals surface area contributed by atoms with Gasteiger partial charge < -0.3 is 10.1 Å². The number of rotatable bonds is 6. The molecule has 0 aliphatic rings. The summed E-state index contributed by atoms with van der Waals surface area (Å²) in [5, 5.41) is 3.58. The first-order chi connectivity index (χ1) is 16.5. The molecular formula is C25H20N4O4S. The van der Waals surface area contributed by atoms with Crippen LogP contribution in [0.3, 0.4) is 0 Å². The lowest BCUT2D eigenvalue weighted by molar-refractivity contribution is -0.116. The molecule has 9 heteroatoms. The van der Waals surface area contributed by atoms with Gasteiger partial charge in [-0.25, -0.2) is 9.78 Å². The molecule has 2 aromatic heterocycles. The molecular weight excluding hydrogens is 452 g/mol. The Morgan fingerprint density at radius 1 is 0.971 bits per heavy atom. The maximum atomic E-state index is 12.9. The molecule has 0 unspecified atom stereocenters. The van der Waals surface area contributed by atoms with Gasteiger partial charge in [0.05, 0.1) is 21.1 Å². The number of para-hydroxylation sites is 2. The largest absolute Gasteiger partial charge is 0.457 e. The fourth-order valence-corrected chi connectivity index (χ4v) is 4.66. The molecule has 0 atom stereocenters. The van der Waals surface area contributed by atoms with Gasteiger partial charge in [0.15, 0.2) is 5.13 Å². The predicted octanol–water partition coefficient (Wildman–Crippen LogP) is 4.22. The molecule has 34 heavy (non-hydrogen) atoms. The molecule has 8 nitrogen and oxygen atoms in total. The van der Waals surface area contributed by atoms with Crippen LogP contribution in [0.25, 0.3) is 21.1 Å². The van der Waals surface area contributed by atoms with Crippen LogP contribution in [0, 0.1) is 0 Å². The summed E-state index contributed by atoms with van der Waals surface area (Å²) in [5.41, 5.74) is 0.264. The summed E-state index contributed by atoms with van der Waals surface area (Å²) in [5.74, 6) is 0.986. The van der Waals surface area contributed by atoms with Gasteiger partial charge in [0.2, 0.25) is 5.91 Å². The number of nitrogens with zero attached hydrogens (tertiary/aromatic N) is 3. The topological polar surface area (TPSA) is 95.2 Å². The zero-order chi connectivity index (χ0) is 23.7. The zero-order valence-corrected chi connectivity index (χ0v) is 19.0. The highest BCUT2D eigenvalue weighted by Gasteiger charge is 2.16. The summed E-state index contributed by atoms with van der Waals surface area (Å²) >= 11 is 1.31. The minimum absolute atomic E-state index is 0.218. The second kappa shape index (κ2) is 8.95. The molecule has 0 aliphatic carbocycles. The molecule has 5 rings (SSSR count). The highest BCUT2D eigenvalue weighted by molar-refractivity contribution is 7.22. The van der Waals surface area contributed by atoms with Gasteiger partial charge in [0.1, 0.15) is 18.0 Å². The van der Waals surface area contributed by atoms with E-state index in [9.17, 15) is 14.4 Å². The molecule has 0 aliphatic heterocycles. The third-order valence-electron chi connectivity index (χ3n) is 5.34. The number of aromatic nitrogens is 3. The molecule has 1 N–H and O–H groups in total. The summed E-state index contributed by atoms with van der Waals surface area (Å²) in [6, 6.07) is 21.7. The zero-order valence-electron chi connectivity index (χ0n) is 18.2. The van der Waals surface area contributed by atoms with Crippen LogP contribution in [0.4, 0.5) is 5.13 Å². The second-order valence-electron chi connectivity index (χ2n) is 7.55. The molecule has 2 heterocycles. The standard InChI is InChI=1S/C25H20N4O4S/c1-2-28-23(31)18-10-6-7-11-20(18)29(25(28)32)15-22(30)27-24-26-19-13-12-17(14-21(19)34-24)33-16-8-4-3-5-9-16/h3-14H,2,15H2,1H3,(H,26,27,30). The average Bonchev–Trinajstić information content (AvgIpc) is 3.24. The number of amides is 1. The Kier molecular flexibility index (Phi) is 5.69. The van der Waals surface area contributed by atoms with Crippen molar-refractivity contribution in [1.29, 1.82) is 0 Å². The fraction of sp³-hybridized carbons (Fsp3) is 0.120. The normalized spacial score (nSPS) is 11.1. The first-order valence-electron chi connectivity index (χ1n) is 10.7. The Morgan fingerprint density at radius 2 is 1.74 bits per heavy atom. The number of carbonyl (C=O) groups is 1. The lowest BCUT2D eigenvalue weighted by atomic mass is 10.2. The molecule has 170 valence electrons. The molecule has 0 bridgehead atoms. The summed E-state index contributed by atoms with van der Waals surface area (Å²) in [4.78, 5) is 42.7. The van der Waals surface area contributed by atoms with Gasteiger partial charge in [-0.2, -0.15) is 0 Å². The summed E-state index contributed by atoms with van der Waals surface area (Å²) in [7, 11) is 0. The second-order valence-corrected chi connectivity index (χ2v) is 8.58. The van der Waals surface area contributed by atoms with Crippen LogP contribution < -0.4 is 21.3 Å². The average molecular weight is 473 g/mol. The van der Waals surface area contributed by atoms with Crippen molar-refractivity contribution in [2.24, 2.45) is 0 Å². The van der Waals surface area contributed by atoms with E-state index in [1.165, 1.54) is 15.9 Å². The number of anilines is 1. The number of benzene rings is 3. The van der Waals surface area contributed by atoms with Gasteiger partial charge in [-0.3, -0.25) is 18.7 Å². The molecule has 0 saturated heterocycles. The van der Waals surface area contributed by atoms with E-state index in [0.29, 0.717) is 21.8 Å². The third kappa shape index (κ3) is 4.08. The number of nitrogens with one attached hydrogen (secondary N) is 1. The quantitative estimate of drug-likeness (QED) is 0.399. The van der Waals surface area contributed by atoms with Crippen molar-refractivity contribution in [1.82, 2.24) is 14.1 Å². The van der Waals surface area contributed by atoms with Crippen LogP contribution in [0.2, 0.25) is 0 Å². The van der Waals surface area contributed by atoms with Crippen LogP contribution in [-0.4, -0.2) is 20.0 Å². The van der Waals surface area contributed by atoms with Crippen LogP contribution in [-0.2, 0) is 17.9 Å². The maximum absolute atomic E-state index is 12.9. The van der Waals surface area contributed by atoms with Crippen molar-refractivity contribution in [3.05, 3.63) is 93.6 Å². The predicted molar refractivity (Wildman–Crippen MR) is 133 cm³/mol. The Labute approximate surface area is 197 Å². The van der Waals surface area contributed by atoms with Crippen LogP contribution in [0.1, 0.15) is 6.92 Å². The van der Waals surface area contributed by atoms with Crippen molar-refractivity contribution in [3.63, 3.8) is 0 Å². The first-order valence-corrected chi connectivity index (χ1v) is 11.5. The number of ether oxygens (including phenoxy) is 1. The molecule has 0 radical (unpaired) electrons. The van der Waals surface area contributed by atoms with Gasteiger partial charge in [0.25, 0.3) is 5.56 Å². The molecule has 0 spiro atoms. The van der Waals surface area contributed by atoms with E-state index in [1.54, 1.807) is 31.2 Å². The van der Waals surface area contributed by atoms with Gasteiger partial charge in [-0.05, 0) is 43.3 Å². The van der Waals surface area contributed by atoms with E-state index in [2.05, 4.69) is 10.3 Å². The number of hydrogen-bond acceptors (Lipinski definition) is 6. The van der Waals surface area contributed by atoms with E-state index in [0.717, 1.165) is 20.5 Å². The summed E-state index contributed by atoms with van der Waals surface area (Å²) in [6.07, 6.45) is 0. The molecule has 0 saturated carbocycles. The Hall–Kier alpha value is -4.24. The Bertz CT molecular complexity index is 1640. The minimum atomic E-state index is -0.520. The van der Waals surface area contributed by atoms with Gasteiger partial charge in [-0.1, -0.05) is 41.7 Å². The smallest absolute Gasteiger partial charge is 0.331 e. The lowest BCUT2D eigenvalue weighted by Crippen LogP contribution is -2.41. The number of hydrogen-bond donors (Lipinski definition) is 1. The molecule has 1 amide bonds. The highest BCUT2D eigenvalue weighted by atomic mass is 32.1. The van der Waals surface area contributed by atoms with Gasteiger partial charge in [-0.15, -0.1) is 0 Å². The van der Waals surface area contributed by atoms with Gasteiger partial charge >= 0.3 is 5.69 Å². The fourth-order valence-electron chi connectivity index (χ4n) is 3.75. The SMILES string of the molecule is CCn1c(=O)c2ccccc2n(CC(=O)Nc2nc3ccc(Oc4ccccc4)cc3s2)c1=O. The summed E-state index contributed by atoms with van der Waals surface area (Å²) in [6.45, 7) is 1.70. The van der Waals surface area contributed by atoms with Crippen LogP contribution in [0.5, 0.6) is 11.5 Å². The minimum Gasteiger partial charge on any atom is -0.457 e. The van der Waals surface area contributed by atoms with Crippen molar-refractivity contribution in [2.45, 2.75) is 20.0 Å². The van der Waals surface area contributed by atoms with Crippen LogP contribution >= 0.6 is 11.3 Å². The van der Waals surface area contributed by atoms with Gasteiger partial charge in [0, 0.05) is 12.6 Å². The van der Waals surface area contributed by atoms with Crippen molar-refractivity contribution in [2.75, 3.05) is 5.32 Å². The van der Waals surface area contributed by atoms with Crippen molar-refractivity contribution in [3.8, 4) is 11.5 Å². The first kappa shape index (κ1) is 21.6.